The average Bonchev–Trinajstić information content (AvgIpc) is 2.75. The highest BCUT2D eigenvalue weighted by molar-refractivity contribution is 4.99. The van der Waals surface area contributed by atoms with Crippen LogP contribution in [0.25, 0.3) is 0 Å². The fourth-order valence-corrected chi connectivity index (χ4v) is 2.18. The Hall–Kier alpha value is -0.940. The smallest absolute Gasteiger partial charge is 0.0855 e. The monoisotopic (exact) mass is 311 g/mol. The van der Waals surface area contributed by atoms with Crippen molar-refractivity contribution in [3.05, 3.63) is 11.9 Å². The lowest BCUT2D eigenvalue weighted by Crippen LogP contribution is -2.29. The van der Waals surface area contributed by atoms with Gasteiger partial charge in [-0.15, -0.1) is 5.10 Å². The number of hydrogen-bond acceptors (Lipinski definition) is 4. The van der Waals surface area contributed by atoms with E-state index in [1.165, 1.54) is 0 Å². The van der Waals surface area contributed by atoms with E-state index in [0.717, 1.165) is 25.1 Å². The first-order valence-electron chi connectivity index (χ1n) is 8.12. The van der Waals surface area contributed by atoms with Crippen LogP contribution in [-0.2, 0) is 16.7 Å². The summed E-state index contributed by atoms with van der Waals surface area (Å²) in [6.45, 7) is 15.8. The number of aliphatic hydroxyl groups is 1. The van der Waals surface area contributed by atoms with Crippen LogP contribution in [0.2, 0.25) is 0 Å². The molecule has 1 aromatic heterocycles. The molecule has 0 saturated heterocycles. The highest BCUT2D eigenvalue weighted by Crippen LogP contribution is 2.23. The lowest BCUT2D eigenvalue weighted by Gasteiger charge is -2.27. The van der Waals surface area contributed by atoms with Gasteiger partial charge in [0.15, 0.2) is 0 Å². The second kappa shape index (κ2) is 7.09. The number of rotatable bonds is 8. The molecule has 1 rings (SSSR count). The van der Waals surface area contributed by atoms with E-state index in [1.54, 1.807) is 0 Å². The Labute approximate surface area is 135 Å². The van der Waals surface area contributed by atoms with Crippen LogP contribution >= 0.6 is 0 Å². The molecule has 0 bridgehead atoms. The fraction of sp³-hybridized carbons (Fsp3) is 0.882. The Bertz CT molecular complexity index is 459. The maximum absolute atomic E-state index is 9.14. The minimum Gasteiger partial charge on any atom is -0.396 e. The molecule has 0 aromatic carbocycles. The summed E-state index contributed by atoms with van der Waals surface area (Å²) in [5.74, 6) is 0. The van der Waals surface area contributed by atoms with Crippen molar-refractivity contribution in [1.29, 1.82) is 0 Å². The molecule has 0 aliphatic rings. The number of ether oxygens (including phenoxy) is 1. The lowest BCUT2D eigenvalue weighted by molar-refractivity contribution is -0.0276. The molecule has 0 saturated carbocycles. The Balaban J connectivity index is 2.61. The Morgan fingerprint density at radius 3 is 2.27 bits per heavy atom. The Kier molecular flexibility index (Phi) is 6.16. The van der Waals surface area contributed by atoms with Gasteiger partial charge in [-0.25, -0.2) is 4.68 Å². The van der Waals surface area contributed by atoms with E-state index in [2.05, 4.69) is 44.9 Å². The minimum atomic E-state index is -0.257. The standard InChI is InChI=1S/C17H33N3O2/c1-15(2,3)9-11-22-17(6,7)12-14-13-20(19-18-14)16(4,5)8-10-21/h13,21H,8-12H2,1-7H3. The van der Waals surface area contributed by atoms with Gasteiger partial charge in [-0.1, -0.05) is 26.0 Å². The van der Waals surface area contributed by atoms with Gasteiger partial charge in [-0.05, 0) is 46.0 Å². The zero-order chi connectivity index (χ0) is 17.0. The van der Waals surface area contributed by atoms with Crippen molar-refractivity contribution in [2.75, 3.05) is 13.2 Å². The largest absolute Gasteiger partial charge is 0.396 e. The topological polar surface area (TPSA) is 60.2 Å². The van der Waals surface area contributed by atoms with Crippen LogP contribution in [0.3, 0.4) is 0 Å². The summed E-state index contributed by atoms with van der Waals surface area (Å²) in [7, 11) is 0. The zero-order valence-corrected chi connectivity index (χ0v) is 15.3. The molecule has 5 nitrogen and oxygen atoms in total. The first-order chi connectivity index (χ1) is 9.95. The molecule has 1 N–H and O–H groups in total. The first-order valence-corrected chi connectivity index (χ1v) is 8.12. The molecule has 0 atom stereocenters. The zero-order valence-electron chi connectivity index (χ0n) is 15.3. The molecule has 0 fully saturated rings. The maximum Gasteiger partial charge on any atom is 0.0855 e. The molecule has 0 aliphatic carbocycles. The highest BCUT2D eigenvalue weighted by atomic mass is 16.5. The van der Waals surface area contributed by atoms with Crippen molar-refractivity contribution in [1.82, 2.24) is 15.0 Å². The molecule has 5 heteroatoms. The molecule has 0 radical (unpaired) electrons. The van der Waals surface area contributed by atoms with Crippen LogP contribution in [0.4, 0.5) is 0 Å². The lowest BCUT2D eigenvalue weighted by atomic mass is 9.93. The summed E-state index contributed by atoms with van der Waals surface area (Å²) in [6.07, 6.45) is 4.38. The quantitative estimate of drug-likeness (QED) is 0.801. The summed E-state index contributed by atoms with van der Waals surface area (Å²) in [4.78, 5) is 0. The number of aromatic nitrogens is 3. The summed E-state index contributed by atoms with van der Waals surface area (Å²) in [5.41, 5.74) is 0.727. The normalized spacial score (nSPS) is 13.6. The van der Waals surface area contributed by atoms with Crippen LogP contribution in [0, 0.1) is 5.41 Å². The molecule has 1 aromatic rings. The van der Waals surface area contributed by atoms with Crippen molar-refractivity contribution in [2.24, 2.45) is 5.41 Å². The van der Waals surface area contributed by atoms with Crippen molar-refractivity contribution >= 4 is 0 Å². The van der Waals surface area contributed by atoms with Crippen molar-refractivity contribution in [3.63, 3.8) is 0 Å². The molecule has 128 valence electrons. The molecular formula is C17H33N3O2. The predicted molar refractivity (Wildman–Crippen MR) is 88.9 cm³/mol. The van der Waals surface area contributed by atoms with E-state index in [-0.39, 0.29) is 23.2 Å². The molecule has 22 heavy (non-hydrogen) atoms. The highest BCUT2D eigenvalue weighted by Gasteiger charge is 2.25. The van der Waals surface area contributed by atoms with E-state index < -0.39 is 0 Å². The molecule has 0 unspecified atom stereocenters. The van der Waals surface area contributed by atoms with Gasteiger partial charge < -0.3 is 9.84 Å². The van der Waals surface area contributed by atoms with Gasteiger partial charge in [-0.3, -0.25) is 0 Å². The van der Waals surface area contributed by atoms with Gasteiger partial charge >= 0.3 is 0 Å². The van der Waals surface area contributed by atoms with Gasteiger partial charge in [0.25, 0.3) is 0 Å². The summed E-state index contributed by atoms with van der Waals surface area (Å²) in [5, 5.41) is 17.6. The van der Waals surface area contributed by atoms with Crippen molar-refractivity contribution < 1.29 is 9.84 Å². The van der Waals surface area contributed by atoms with Crippen LogP contribution in [0.5, 0.6) is 0 Å². The number of aliphatic hydroxyl groups excluding tert-OH is 1. The van der Waals surface area contributed by atoms with Crippen LogP contribution in [0.1, 0.15) is 67.0 Å². The molecular weight excluding hydrogens is 278 g/mol. The van der Waals surface area contributed by atoms with Gasteiger partial charge in [0.1, 0.15) is 0 Å². The third kappa shape index (κ3) is 6.44. The summed E-state index contributed by atoms with van der Waals surface area (Å²) < 4.78 is 7.87. The van der Waals surface area contributed by atoms with E-state index in [4.69, 9.17) is 9.84 Å². The number of hydrogen-bond donors (Lipinski definition) is 1. The minimum absolute atomic E-state index is 0.142. The average molecular weight is 311 g/mol. The molecule has 0 aliphatic heterocycles. The predicted octanol–water partition coefficient (Wildman–Crippen LogP) is 3.17. The second-order valence-corrected chi connectivity index (χ2v) is 8.54. The van der Waals surface area contributed by atoms with E-state index in [1.807, 2.05) is 24.7 Å². The fourth-order valence-electron chi connectivity index (χ4n) is 2.18. The molecule has 0 amide bonds. The van der Waals surface area contributed by atoms with E-state index >= 15 is 0 Å². The van der Waals surface area contributed by atoms with Crippen molar-refractivity contribution in [2.45, 2.75) is 78.9 Å². The molecule has 1 heterocycles. The Morgan fingerprint density at radius 1 is 1.09 bits per heavy atom. The summed E-state index contributed by atoms with van der Waals surface area (Å²) >= 11 is 0. The van der Waals surface area contributed by atoms with Crippen molar-refractivity contribution in [3.8, 4) is 0 Å². The van der Waals surface area contributed by atoms with Crippen LogP contribution in [0.15, 0.2) is 6.20 Å². The van der Waals surface area contributed by atoms with Gasteiger partial charge in [0, 0.05) is 25.8 Å². The third-order valence-corrected chi connectivity index (χ3v) is 3.84. The first kappa shape index (κ1) is 19.1. The SMILES string of the molecule is CC(C)(C)CCOC(C)(C)Cc1cn(C(C)(C)CCO)nn1. The van der Waals surface area contributed by atoms with Gasteiger partial charge in [0.05, 0.1) is 16.8 Å². The second-order valence-electron chi connectivity index (χ2n) is 8.54. The van der Waals surface area contributed by atoms with E-state index in [0.29, 0.717) is 6.42 Å². The van der Waals surface area contributed by atoms with Gasteiger partial charge in [0.2, 0.25) is 0 Å². The summed E-state index contributed by atoms with van der Waals surface area (Å²) in [6, 6.07) is 0. The third-order valence-electron chi connectivity index (χ3n) is 3.84. The Morgan fingerprint density at radius 2 is 1.73 bits per heavy atom. The van der Waals surface area contributed by atoms with Gasteiger partial charge in [-0.2, -0.15) is 0 Å². The maximum atomic E-state index is 9.14. The van der Waals surface area contributed by atoms with Crippen LogP contribution < -0.4 is 0 Å². The van der Waals surface area contributed by atoms with E-state index in [9.17, 15) is 0 Å². The number of nitrogens with zero attached hydrogens (tertiary/aromatic N) is 3. The molecule has 0 spiro atoms. The van der Waals surface area contributed by atoms with Crippen LogP contribution in [-0.4, -0.2) is 38.9 Å².